The van der Waals surface area contributed by atoms with Crippen LogP contribution < -0.4 is 10.6 Å². The first-order chi connectivity index (χ1) is 15.1. The molecular weight excluding hydrogens is 386 g/mol. The van der Waals surface area contributed by atoms with Crippen molar-refractivity contribution < 1.29 is 0 Å². The first-order valence-corrected chi connectivity index (χ1v) is 11.8. The lowest BCUT2D eigenvalue weighted by Crippen LogP contribution is -2.50. The van der Waals surface area contributed by atoms with Crippen LogP contribution in [0.5, 0.6) is 0 Å². The van der Waals surface area contributed by atoms with E-state index < -0.39 is 0 Å². The van der Waals surface area contributed by atoms with Gasteiger partial charge in [-0.2, -0.15) is 0 Å². The van der Waals surface area contributed by atoms with E-state index >= 15 is 0 Å². The van der Waals surface area contributed by atoms with Gasteiger partial charge >= 0.3 is 0 Å². The lowest BCUT2D eigenvalue weighted by molar-refractivity contribution is 0.242. The van der Waals surface area contributed by atoms with Crippen molar-refractivity contribution in [2.24, 2.45) is 12.0 Å². The first kappa shape index (κ1) is 21.8. The molecule has 7 heteroatoms. The molecule has 31 heavy (non-hydrogen) atoms. The van der Waals surface area contributed by atoms with Gasteiger partial charge in [0.2, 0.25) is 0 Å². The van der Waals surface area contributed by atoms with Gasteiger partial charge in [0, 0.05) is 31.6 Å². The summed E-state index contributed by atoms with van der Waals surface area (Å²) in [6.07, 6.45) is 6.29. The minimum absolute atomic E-state index is 0.216. The van der Waals surface area contributed by atoms with Gasteiger partial charge in [-0.3, -0.25) is 4.90 Å². The molecule has 1 saturated heterocycles. The van der Waals surface area contributed by atoms with Gasteiger partial charge in [0.25, 0.3) is 0 Å². The Morgan fingerprint density at radius 2 is 1.97 bits per heavy atom. The molecule has 4 rings (SSSR count). The predicted octanol–water partition coefficient (Wildman–Crippen LogP) is 2.76. The number of likely N-dealkylation sites (tertiary alicyclic amines) is 1. The third-order valence-electron chi connectivity index (χ3n) is 7.26. The summed E-state index contributed by atoms with van der Waals surface area (Å²) in [5.41, 5.74) is 1.65. The fourth-order valence-corrected chi connectivity index (χ4v) is 4.89. The Hall–Kier alpha value is -2.41. The largest absolute Gasteiger partial charge is 0.356 e. The molecule has 1 saturated carbocycles. The number of likely N-dealkylation sites (N-methyl/N-ethyl adjacent to an activating group) is 1. The van der Waals surface area contributed by atoms with Crippen LogP contribution in [0.25, 0.3) is 0 Å². The molecule has 2 N–H and O–H groups in total. The highest BCUT2D eigenvalue weighted by molar-refractivity contribution is 5.80. The average Bonchev–Trinajstić information content (AvgIpc) is 3.36. The van der Waals surface area contributed by atoms with E-state index in [1.54, 1.807) is 0 Å². The maximum absolute atomic E-state index is 4.89. The Kier molecular flexibility index (Phi) is 6.90. The van der Waals surface area contributed by atoms with Crippen molar-refractivity contribution in [3.63, 3.8) is 0 Å². The maximum Gasteiger partial charge on any atom is 0.191 e. The van der Waals surface area contributed by atoms with E-state index in [0.717, 1.165) is 37.2 Å². The molecule has 2 heterocycles. The van der Waals surface area contributed by atoms with E-state index in [-0.39, 0.29) is 5.41 Å². The molecule has 0 bridgehead atoms. The Balaban J connectivity index is 1.45. The molecule has 1 aromatic heterocycles. The molecule has 1 unspecified atom stereocenters. The summed E-state index contributed by atoms with van der Waals surface area (Å²) in [4.78, 5) is 7.45. The van der Waals surface area contributed by atoms with Gasteiger partial charge in [0.15, 0.2) is 11.8 Å². The molecular formula is C24H37N7. The standard InChI is InChI=1S/C24H37N7/c1-4-31-15-8-12-21(31)16-25-23(26-17-22-29-28-19(2)30(22)3)27-18-24(13-9-14-24)20-10-6-5-7-11-20/h5-7,10-11,21H,4,8-9,12-18H2,1-3H3,(H2,25,26,27). The number of aromatic nitrogens is 3. The van der Waals surface area contributed by atoms with E-state index in [2.05, 4.69) is 63.0 Å². The van der Waals surface area contributed by atoms with E-state index in [9.17, 15) is 0 Å². The smallest absolute Gasteiger partial charge is 0.191 e. The molecule has 2 fully saturated rings. The van der Waals surface area contributed by atoms with Crippen LogP contribution in [0, 0.1) is 6.92 Å². The van der Waals surface area contributed by atoms with Crippen molar-refractivity contribution in [3.05, 3.63) is 47.5 Å². The number of hydrogen-bond donors (Lipinski definition) is 2. The number of nitrogens with zero attached hydrogens (tertiary/aromatic N) is 5. The van der Waals surface area contributed by atoms with Gasteiger partial charge in [0.1, 0.15) is 12.4 Å². The highest BCUT2D eigenvalue weighted by atomic mass is 15.3. The summed E-state index contributed by atoms with van der Waals surface area (Å²) in [5.74, 6) is 2.68. The fourth-order valence-electron chi connectivity index (χ4n) is 4.89. The Labute approximate surface area is 186 Å². The third-order valence-corrected chi connectivity index (χ3v) is 7.26. The van der Waals surface area contributed by atoms with Crippen LogP contribution >= 0.6 is 0 Å². The Morgan fingerprint density at radius 1 is 1.16 bits per heavy atom. The SMILES string of the molecule is CCN1CCCC1CNC(=NCc1nnc(C)n1C)NCC1(c2ccccc2)CCC1. The molecule has 168 valence electrons. The number of aryl methyl sites for hydroxylation is 1. The van der Waals surface area contributed by atoms with E-state index in [1.165, 1.54) is 44.2 Å². The van der Waals surface area contributed by atoms with Gasteiger partial charge in [-0.15, -0.1) is 10.2 Å². The number of rotatable bonds is 8. The van der Waals surface area contributed by atoms with Crippen LogP contribution in [0.4, 0.5) is 0 Å². The quantitative estimate of drug-likeness (QED) is 0.505. The Bertz CT molecular complexity index is 869. The highest BCUT2D eigenvalue weighted by Gasteiger charge is 2.38. The molecule has 1 aliphatic carbocycles. The molecule has 7 nitrogen and oxygen atoms in total. The molecule has 1 atom stereocenters. The minimum Gasteiger partial charge on any atom is -0.356 e. The zero-order valence-electron chi connectivity index (χ0n) is 19.3. The van der Waals surface area contributed by atoms with Crippen molar-refractivity contribution >= 4 is 5.96 Å². The minimum atomic E-state index is 0.216. The number of aliphatic imine (C=N–C) groups is 1. The van der Waals surface area contributed by atoms with Crippen molar-refractivity contribution in [3.8, 4) is 0 Å². The average molecular weight is 424 g/mol. The summed E-state index contributed by atoms with van der Waals surface area (Å²) >= 11 is 0. The van der Waals surface area contributed by atoms with Crippen molar-refractivity contribution in [2.45, 2.75) is 64.0 Å². The second-order valence-electron chi connectivity index (χ2n) is 9.05. The van der Waals surface area contributed by atoms with Gasteiger partial charge < -0.3 is 15.2 Å². The fraction of sp³-hybridized carbons (Fsp3) is 0.625. The zero-order valence-corrected chi connectivity index (χ0v) is 19.3. The van der Waals surface area contributed by atoms with Crippen LogP contribution in [0.15, 0.2) is 35.3 Å². The summed E-state index contributed by atoms with van der Waals surface area (Å²) in [6.45, 7) is 8.89. The summed E-state index contributed by atoms with van der Waals surface area (Å²) in [6, 6.07) is 11.5. The second-order valence-corrected chi connectivity index (χ2v) is 9.05. The molecule has 1 aliphatic heterocycles. The molecule has 2 aromatic rings. The van der Waals surface area contributed by atoms with E-state index in [1.807, 2.05) is 18.5 Å². The lowest BCUT2D eigenvalue weighted by Gasteiger charge is -2.43. The maximum atomic E-state index is 4.89. The topological polar surface area (TPSA) is 70.4 Å². The number of nitrogens with one attached hydrogen (secondary N) is 2. The van der Waals surface area contributed by atoms with Crippen molar-refractivity contribution in [1.29, 1.82) is 0 Å². The summed E-state index contributed by atoms with van der Waals surface area (Å²) in [7, 11) is 2.00. The molecule has 2 aliphatic rings. The molecule has 0 radical (unpaired) electrons. The molecule has 0 amide bonds. The number of hydrogen-bond acceptors (Lipinski definition) is 4. The molecule has 0 spiro atoms. The summed E-state index contributed by atoms with van der Waals surface area (Å²) < 4.78 is 2.01. The zero-order chi connectivity index (χ0) is 21.7. The van der Waals surface area contributed by atoms with Gasteiger partial charge in [-0.05, 0) is 51.3 Å². The van der Waals surface area contributed by atoms with Crippen LogP contribution in [-0.2, 0) is 19.0 Å². The predicted molar refractivity (Wildman–Crippen MR) is 125 cm³/mol. The van der Waals surface area contributed by atoms with Gasteiger partial charge in [-0.1, -0.05) is 43.7 Å². The normalized spacial score (nSPS) is 21.1. The molecule has 1 aromatic carbocycles. The van der Waals surface area contributed by atoms with Gasteiger partial charge in [-0.25, -0.2) is 4.99 Å². The highest BCUT2D eigenvalue weighted by Crippen LogP contribution is 2.43. The van der Waals surface area contributed by atoms with E-state index in [4.69, 9.17) is 4.99 Å². The Morgan fingerprint density at radius 3 is 2.61 bits per heavy atom. The number of guanidine groups is 1. The lowest BCUT2D eigenvalue weighted by atomic mass is 9.64. The summed E-state index contributed by atoms with van der Waals surface area (Å²) in [5, 5.41) is 15.8. The second kappa shape index (κ2) is 9.81. The number of benzene rings is 1. The van der Waals surface area contributed by atoms with Crippen LogP contribution in [0.2, 0.25) is 0 Å². The first-order valence-electron chi connectivity index (χ1n) is 11.8. The van der Waals surface area contributed by atoms with Crippen molar-refractivity contribution in [1.82, 2.24) is 30.3 Å². The van der Waals surface area contributed by atoms with Crippen LogP contribution in [0.3, 0.4) is 0 Å². The van der Waals surface area contributed by atoms with Crippen LogP contribution in [0.1, 0.15) is 56.2 Å². The van der Waals surface area contributed by atoms with E-state index in [0.29, 0.717) is 12.6 Å². The van der Waals surface area contributed by atoms with Crippen LogP contribution in [-0.4, -0.2) is 57.8 Å². The third kappa shape index (κ3) is 4.92. The monoisotopic (exact) mass is 423 g/mol. The van der Waals surface area contributed by atoms with Gasteiger partial charge in [0.05, 0.1) is 0 Å². The van der Waals surface area contributed by atoms with Crippen molar-refractivity contribution in [2.75, 3.05) is 26.2 Å².